The molecule has 0 unspecified atom stereocenters. The summed E-state index contributed by atoms with van der Waals surface area (Å²) in [5.41, 5.74) is 12.2. The number of methoxy groups -OCH3 is 1. The van der Waals surface area contributed by atoms with Crippen LogP contribution < -0.4 is 0 Å². The number of hydrogen-bond acceptors (Lipinski definition) is 13. The molecule has 3 fully saturated rings. The molecule has 3 aromatic carbocycles. The number of rotatable bonds is 12. The topological polar surface area (TPSA) is 186 Å². The van der Waals surface area contributed by atoms with E-state index in [1.807, 2.05) is 91.0 Å². The lowest BCUT2D eigenvalue weighted by Gasteiger charge is -2.50. The van der Waals surface area contributed by atoms with Crippen molar-refractivity contribution in [2.24, 2.45) is 5.11 Å². The van der Waals surface area contributed by atoms with Crippen molar-refractivity contribution in [2.45, 2.75) is 87.8 Å². The molecule has 3 saturated heterocycles. The summed E-state index contributed by atoms with van der Waals surface area (Å²) >= 11 is 0. The summed E-state index contributed by atoms with van der Waals surface area (Å²) in [4.78, 5) is 28.4. The number of carbonyl (C=O) groups is 2. The van der Waals surface area contributed by atoms with Gasteiger partial charge in [0.05, 0.1) is 26.9 Å². The Bertz CT molecular complexity index is 1630. The maximum absolute atomic E-state index is 13.2. The van der Waals surface area contributed by atoms with Crippen LogP contribution in [0.1, 0.15) is 29.9 Å². The van der Waals surface area contributed by atoms with Crippen molar-refractivity contribution in [3.8, 4) is 0 Å². The SMILES string of the molecule is COC(=O)[C@@H]1O[C@H](O)[C@H](OC(C)=O)[C@@H](OCc2ccccc2)[C@@H]1O[C@H]1O[C@@H]2CO[C@@H](c3ccccc3)O[C@H]2[C@H](OCc2ccccc2)[C@H]1N=[N+]=[N-]. The fraction of sp³-hybridized carbons (Fsp3) is 0.444. The lowest BCUT2D eigenvalue weighted by Crippen LogP contribution is -2.67. The third kappa shape index (κ3) is 8.73. The zero-order chi connectivity index (χ0) is 35.7. The fourth-order valence-electron chi connectivity index (χ4n) is 6.30. The van der Waals surface area contributed by atoms with Crippen molar-refractivity contribution in [3.63, 3.8) is 0 Å². The van der Waals surface area contributed by atoms with Gasteiger partial charge in [-0.1, -0.05) is 96.1 Å². The van der Waals surface area contributed by atoms with Gasteiger partial charge in [0.1, 0.15) is 36.6 Å². The molecule has 15 heteroatoms. The number of benzene rings is 3. The van der Waals surface area contributed by atoms with Gasteiger partial charge in [-0.2, -0.15) is 0 Å². The zero-order valence-electron chi connectivity index (χ0n) is 27.9. The van der Waals surface area contributed by atoms with E-state index < -0.39 is 79.6 Å². The van der Waals surface area contributed by atoms with Gasteiger partial charge < -0.3 is 47.7 Å². The third-order valence-corrected chi connectivity index (χ3v) is 8.67. The lowest BCUT2D eigenvalue weighted by atomic mass is 9.94. The quantitative estimate of drug-likeness (QED) is 0.124. The molecule has 0 aliphatic carbocycles. The minimum absolute atomic E-state index is 0.0227. The predicted molar refractivity (Wildman–Crippen MR) is 175 cm³/mol. The summed E-state index contributed by atoms with van der Waals surface area (Å²) < 4.78 is 54.2. The molecule has 0 bridgehead atoms. The maximum atomic E-state index is 13.2. The molecule has 0 amide bonds. The molecule has 11 atom stereocenters. The van der Waals surface area contributed by atoms with E-state index in [9.17, 15) is 20.2 Å². The molecular weight excluding hydrogens is 666 g/mol. The highest BCUT2D eigenvalue weighted by Crippen LogP contribution is 2.39. The first kappa shape index (κ1) is 36.4. The Morgan fingerprint density at radius 3 is 2.04 bits per heavy atom. The average Bonchev–Trinajstić information content (AvgIpc) is 3.16. The molecule has 1 N–H and O–H groups in total. The van der Waals surface area contributed by atoms with E-state index in [1.54, 1.807) is 0 Å². The number of azide groups is 1. The molecule has 0 saturated carbocycles. The summed E-state index contributed by atoms with van der Waals surface area (Å²) in [5, 5.41) is 15.0. The highest BCUT2D eigenvalue weighted by atomic mass is 16.8. The minimum Gasteiger partial charge on any atom is -0.467 e. The van der Waals surface area contributed by atoms with E-state index >= 15 is 0 Å². The van der Waals surface area contributed by atoms with Crippen molar-refractivity contribution in [3.05, 3.63) is 118 Å². The van der Waals surface area contributed by atoms with E-state index in [-0.39, 0.29) is 19.8 Å². The Hall–Kier alpha value is -4.41. The monoisotopic (exact) mass is 705 g/mol. The molecule has 3 aliphatic rings. The van der Waals surface area contributed by atoms with Gasteiger partial charge in [-0.3, -0.25) is 4.79 Å². The van der Waals surface area contributed by atoms with Crippen LogP contribution >= 0.6 is 0 Å². The smallest absolute Gasteiger partial charge is 0.337 e. The molecule has 51 heavy (non-hydrogen) atoms. The predicted octanol–water partition coefficient (Wildman–Crippen LogP) is 3.88. The number of esters is 2. The second kappa shape index (κ2) is 17.2. The fourth-order valence-corrected chi connectivity index (χ4v) is 6.30. The van der Waals surface area contributed by atoms with Crippen LogP contribution in [-0.2, 0) is 65.4 Å². The van der Waals surface area contributed by atoms with Crippen LogP contribution in [0.3, 0.4) is 0 Å². The van der Waals surface area contributed by atoms with E-state index in [4.69, 9.17) is 42.6 Å². The van der Waals surface area contributed by atoms with Crippen LogP contribution in [0.25, 0.3) is 10.4 Å². The van der Waals surface area contributed by atoms with Crippen LogP contribution in [0.2, 0.25) is 0 Å². The van der Waals surface area contributed by atoms with Gasteiger partial charge in [-0.25, -0.2) is 4.79 Å². The average molecular weight is 706 g/mol. The number of aliphatic hydroxyl groups excluding tert-OH is 1. The molecular formula is C36H39N3O12. The number of fused-ring (bicyclic) bond motifs is 1. The molecule has 3 aromatic rings. The molecule has 3 heterocycles. The lowest BCUT2D eigenvalue weighted by molar-refractivity contribution is -0.370. The standard InChI is InChI=1S/C36H39N3O12/c1-21(40)47-31-29(45-19-23-14-8-4-9-15-23)30(32(33(41)43-2)49-34(31)42)51-36-26(38-39-37)28(44-18-22-12-6-3-7-13-22)27-25(48-36)20-46-35(50-27)24-16-10-5-11-17-24/h3-17,25-32,34-36,42H,18-20H2,1-2H3/t25-,26-,27-,28-,29+,30+,31-,32-,34+,35-,36-/m1/s1. The van der Waals surface area contributed by atoms with E-state index in [0.29, 0.717) is 0 Å². The third-order valence-electron chi connectivity index (χ3n) is 8.67. The van der Waals surface area contributed by atoms with Crippen LogP contribution in [0.5, 0.6) is 0 Å². The maximum Gasteiger partial charge on any atom is 0.337 e. The van der Waals surface area contributed by atoms with Crippen LogP contribution in [0.4, 0.5) is 0 Å². The highest BCUT2D eigenvalue weighted by Gasteiger charge is 2.56. The van der Waals surface area contributed by atoms with Gasteiger partial charge in [-0.05, 0) is 16.7 Å². The van der Waals surface area contributed by atoms with Crippen LogP contribution in [0, 0.1) is 0 Å². The van der Waals surface area contributed by atoms with Gasteiger partial charge in [0.25, 0.3) is 0 Å². The summed E-state index contributed by atoms with van der Waals surface area (Å²) in [7, 11) is 1.14. The summed E-state index contributed by atoms with van der Waals surface area (Å²) in [6.45, 7) is 1.30. The van der Waals surface area contributed by atoms with Gasteiger partial charge in [0, 0.05) is 17.4 Å². The van der Waals surface area contributed by atoms with Gasteiger partial charge in [0.2, 0.25) is 0 Å². The molecule has 0 spiro atoms. The Labute approximate surface area is 293 Å². The van der Waals surface area contributed by atoms with Gasteiger partial charge >= 0.3 is 11.9 Å². The molecule has 270 valence electrons. The Kier molecular flexibility index (Phi) is 12.3. The van der Waals surface area contributed by atoms with Crippen molar-refractivity contribution < 1.29 is 57.3 Å². The Morgan fingerprint density at radius 1 is 0.843 bits per heavy atom. The molecule has 15 nitrogen and oxygen atoms in total. The number of ether oxygens (including phenoxy) is 9. The zero-order valence-corrected chi connectivity index (χ0v) is 27.9. The molecule has 3 aliphatic heterocycles. The first-order valence-electron chi connectivity index (χ1n) is 16.4. The molecule has 0 aromatic heterocycles. The largest absolute Gasteiger partial charge is 0.467 e. The first-order valence-corrected chi connectivity index (χ1v) is 16.4. The van der Waals surface area contributed by atoms with Crippen molar-refractivity contribution >= 4 is 11.9 Å². The highest BCUT2D eigenvalue weighted by molar-refractivity contribution is 5.75. The first-order chi connectivity index (χ1) is 24.9. The number of carbonyl (C=O) groups excluding carboxylic acids is 2. The van der Waals surface area contributed by atoms with Crippen LogP contribution in [0.15, 0.2) is 96.1 Å². The molecule has 0 radical (unpaired) electrons. The second-order valence-electron chi connectivity index (χ2n) is 12.1. The minimum atomic E-state index is -1.79. The van der Waals surface area contributed by atoms with E-state index in [2.05, 4.69) is 10.0 Å². The van der Waals surface area contributed by atoms with Crippen LogP contribution in [-0.4, -0.2) is 92.1 Å². The van der Waals surface area contributed by atoms with Gasteiger partial charge in [-0.15, -0.1) is 0 Å². The Morgan fingerprint density at radius 2 is 1.45 bits per heavy atom. The Balaban J connectivity index is 1.34. The van der Waals surface area contributed by atoms with E-state index in [1.165, 1.54) is 0 Å². The van der Waals surface area contributed by atoms with Gasteiger partial charge in [0.15, 0.2) is 31.1 Å². The normalized spacial score (nSPS) is 31.8. The summed E-state index contributed by atoms with van der Waals surface area (Å²) in [6.07, 6.45) is -12.2. The summed E-state index contributed by atoms with van der Waals surface area (Å²) in [5.74, 6) is -1.65. The van der Waals surface area contributed by atoms with Crippen molar-refractivity contribution in [1.82, 2.24) is 0 Å². The number of hydrogen-bond donors (Lipinski definition) is 1. The number of nitrogens with zero attached hydrogens (tertiary/aromatic N) is 3. The molecule has 6 rings (SSSR count). The van der Waals surface area contributed by atoms with Crippen molar-refractivity contribution in [2.75, 3.05) is 13.7 Å². The summed E-state index contributed by atoms with van der Waals surface area (Å²) in [6, 6.07) is 26.6. The van der Waals surface area contributed by atoms with E-state index in [0.717, 1.165) is 30.7 Å². The number of aliphatic hydroxyl groups is 1. The van der Waals surface area contributed by atoms with Crippen molar-refractivity contribution in [1.29, 1.82) is 0 Å². The second-order valence-corrected chi connectivity index (χ2v) is 12.1.